The Morgan fingerprint density at radius 1 is 1.08 bits per heavy atom. The van der Waals surface area contributed by atoms with E-state index in [0.29, 0.717) is 12.0 Å². The summed E-state index contributed by atoms with van der Waals surface area (Å²) >= 11 is 0. The molecule has 2 aromatic carbocycles. The van der Waals surface area contributed by atoms with E-state index in [1.807, 2.05) is 0 Å². The molecule has 126 valence electrons. The van der Waals surface area contributed by atoms with E-state index in [4.69, 9.17) is 0 Å². The van der Waals surface area contributed by atoms with Gasteiger partial charge in [0.15, 0.2) is 0 Å². The van der Waals surface area contributed by atoms with Gasteiger partial charge in [-0.25, -0.2) is 8.78 Å². The summed E-state index contributed by atoms with van der Waals surface area (Å²) in [4.78, 5) is 0. The lowest BCUT2D eigenvalue weighted by Crippen LogP contribution is -2.16. The summed E-state index contributed by atoms with van der Waals surface area (Å²) in [7, 11) is 0. The number of halogens is 2. The Bertz CT molecular complexity index is 723. The highest BCUT2D eigenvalue weighted by atomic mass is 19.1. The standard InChI is InChI=1S/C22H24F2/c1-3-5-6-16-12-20(23)22(21(24)13-16)19-10-9-17-11-15(4-2)7-8-18(17)14-19/h3,7-8,11-13,19H,1,4-6,9-10,14H2,2H3. The molecule has 2 heteroatoms. The topological polar surface area (TPSA) is 0 Å². The third-order valence-electron chi connectivity index (χ3n) is 5.09. The molecule has 1 aliphatic rings. The molecular weight excluding hydrogens is 302 g/mol. The molecule has 0 heterocycles. The minimum atomic E-state index is -0.396. The Hall–Kier alpha value is -1.96. The fraction of sp³-hybridized carbons (Fsp3) is 0.364. The molecule has 0 saturated carbocycles. The smallest absolute Gasteiger partial charge is 0.129 e. The van der Waals surface area contributed by atoms with Gasteiger partial charge >= 0.3 is 0 Å². The zero-order chi connectivity index (χ0) is 17.1. The SMILES string of the molecule is C=CCCc1cc(F)c(C2CCc3cc(CC)ccc3C2)c(F)c1. The molecule has 24 heavy (non-hydrogen) atoms. The summed E-state index contributed by atoms with van der Waals surface area (Å²) in [5.41, 5.74) is 4.88. The molecule has 0 spiro atoms. The highest BCUT2D eigenvalue weighted by molar-refractivity contribution is 5.38. The summed E-state index contributed by atoms with van der Waals surface area (Å²) in [5.74, 6) is -0.862. The third-order valence-corrected chi connectivity index (χ3v) is 5.09. The summed E-state index contributed by atoms with van der Waals surface area (Å²) in [6, 6.07) is 9.51. The molecular formula is C22H24F2. The van der Waals surface area contributed by atoms with Gasteiger partial charge in [0.05, 0.1) is 0 Å². The molecule has 2 aromatic rings. The minimum Gasteiger partial charge on any atom is -0.207 e. The van der Waals surface area contributed by atoms with Crippen molar-refractivity contribution < 1.29 is 8.78 Å². The number of aryl methyl sites for hydroxylation is 3. The van der Waals surface area contributed by atoms with E-state index in [9.17, 15) is 8.78 Å². The number of allylic oxidation sites excluding steroid dienone is 1. The second-order valence-corrected chi connectivity index (χ2v) is 6.70. The molecule has 0 bridgehead atoms. The Kier molecular flexibility index (Phi) is 5.13. The van der Waals surface area contributed by atoms with Gasteiger partial charge in [-0.1, -0.05) is 31.2 Å². The molecule has 1 atom stereocenters. The number of rotatable bonds is 5. The van der Waals surface area contributed by atoms with Crippen LogP contribution in [0.3, 0.4) is 0 Å². The largest absolute Gasteiger partial charge is 0.207 e. The molecule has 0 radical (unpaired) electrons. The van der Waals surface area contributed by atoms with Crippen LogP contribution in [0.25, 0.3) is 0 Å². The van der Waals surface area contributed by atoms with Crippen molar-refractivity contribution in [1.29, 1.82) is 0 Å². The second kappa shape index (κ2) is 7.29. The molecule has 0 nitrogen and oxygen atoms in total. The van der Waals surface area contributed by atoms with Crippen molar-refractivity contribution in [3.05, 3.63) is 82.4 Å². The van der Waals surface area contributed by atoms with Crippen molar-refractivity contribution in [2.24, 2.45) is 0 Å². The first kappa shape index (κ1) is 16.9. The molecule has 0 amide bonds. The lowest BCUT2D eigenvalue weighted by atomic mass is 9.79. The van der Waals surface area contributed by atoms with Crippen molar-refractivity contribution in [3.8, 4) is 0 Å². The quantitative estimate of drug-likeness (QED) is 0.598. The molecule has 3 rings (SSSR count). The van der Waals surface area contributed by atoms with Gasteiger partial charge in [0, 0.05) is 5.56 Å². The molecule has 0 fully saturated rings. The molecule has 0 N–H and O–H groups in total. The van der Waals surface area contributed by atoms with Crippen LogP contribution in [0.4, 0.5) is 8.78 Å². The van der Waals surface area contributed by atoms with Gasteiger partial charge in [-0.3, -0.25) is 0 Å². The summed E-state index contributed by atoms with van der Waals surface area (Å²) < 4.78 is 29.1. The van der Waals surface area contributed by atoms with Crippen LogP contribution >= 0.6 is 0 Å². The predicted octanol–water partition coefficient (Wildman–Crippen LogP) is 5.92. The van der Waals surface area contributed by atoms with Crippen molar-refractivity contribution in [2.45, 2.75) is 51.4 Å². The van der Waals surface area contributed by atoms with Gasteiger partial charge in [0.1, 0.15) is 11.6 Å². The minimum absolute atomic E-state index is 0.0709. The van der Waals surface area contributed by atoms with Gasteiger partial charge in [0.25, 0.3) is 0 Å². The van der Waals surface area contributed by atoms with E-state index in [2.05, 4.69) is 31.7 Å². The summed E-state index contributed by atoms with van der Waals surface area (Å²) in [5, 5.41) is 0. The van der Waals surface area contributed by atoms with Gasteiger partial charge in [0.2, 0.25) is 0 Å². The molecule has 0 aliphatic heterocycles. The predicted molar refractivity (Wildman–Crippen MR) is 95.5 cm³/mol. The fourth-order valence-electron chi connectivity index (χ4n) is 3.71. The van der Waals surface area contributed by atoms with Crippen molar-refractivity contribution in [1.82, 2.24) is 0 Å². The molecule has 0 saturated heterocycles. The van der Waals surface area contributed by atoms with Crippen LogP contribution in [0.2, 0.25) is 0 Å². The van der Waals surface area contributed by atoms with Crippen LogP contribution in [0.1, 0.15) is 53.5 Å². The van der Waals surface area contributed by atoms with E-state index in [-0.39, 0.29) is 11.5 Å². The monoisotopic (exact) mass is 326 g/mol. The zero-order valence-electron chi connectivity index (χ0n) is 14.2. The first-order valence-corrected chi connectivity index (χ1v) is 8.81. The van der Waals surface area contributed by atoms with E-state index >= 15 is 0 Å². The second-order valence-electron chi connectivity index (χ2n) is 6.70. The van der Waals surface area contributed by atoms with Gasteiger partial charge < -0.3 is 0 Å². The van der Waals surface area contributed by atoms with Crippen LogP contribution in [0, 0.1) is 11.6 Å². The van der Waals surface area contributed by atoms with Crippen LogP contribution in [-0.4, -0.2) is 0 Å². The molecule has 1 aliphatic carbocycles. The average molecular weight is 326 g/mol. The van der Waals surface area contributed by atoms with Crippen LogP contribution < -0.4 is 0 Å². The van der Waals surface area contributed by atoms with E-state index in [1.54, 1.807) is 6.08 Å². The Labute approximate surface area is 143 Å². The fourth-order valence-corrected chi connectivity index (χ4v) is 3.71. The number of hydrogen-bond acceptors (Lipinski definition) is 0. The number of benzene rings is 2. The normalized spacial score (nSPS) is 16.7. The number of fused-ring (bicyclic) bond motifs is 1. The lowest BCUT2D eigenvalue weighted by Gasteiger charge is -2.26. The Morgan fingerprint density at radius 3 is 2.50 bits per heavy atom. The molecule has 1 unspecified atom stereocenters. The maximum absolute atomic E-state index is 14.6. The first-order chi connectivity index (χ1) is 11.6. The van der Waals surface area contributed by atoms with Crippen LogP contribution in [0.15, 0.2) is 43.0 Å². The number of hydrogen-bond donors (Lipinski definition) is 0. The van der Waals surface area contributed by atoms with Crippen LogP contribution in [-0.2, 0) is 25.7 Å². The Balaban J connectivity index is 1.86. The third kappa shape index (κ3) is 3.43. The van der Waals surface area contributed by atoms with Crippen LogP contribution in [0.5, 0.6) is 0 Å². The van der Waals surface area contributed by atoms with E-state index in [0.717, 1.165) is 32.1 Å². The highest BCUT2D eigenvalue weighted by Crippen LogP contribution is 2.36. The summed E-state index contributed by atoms with van der Waals surface area (Å²) in [6.45, 7) is 5.80. The summed E-state index contributed by atoms with van der Waals surface area (Å²) in [6.07, 6.45) is 6.57. The molecule has 0 aromatic heterocycles. The van der Waals surface area contributed by atoms with Crippen molar-refractivity contribution >= 4 is 0 Å². The maximum Gasteiger partial charge on any atom is 0.129 e. The first-order valence-electron chi connectivity index (χ1n) is 8.81. The van der Waals surface area contributed by atoms with E-state index in [1.165, 1.54) is 28.8 Å². The average Bonchev–Trinajstić information content (AvgIpc) is 2.58. The lowest BCUT2D eigenvalue weighted by molar-refractivity contribution is 0.489. The van der Waals surface area contributed by atoms with Gasteiger partial charge in [-0.2, -0.15) is 0 Å². The van der Waals surface area contributed by atoms with Crippen molar-refractivity contribution in [2.75, 3.05) is 0 Å². The van der Waals surface area contributed by atoms with Crippen molar-refractivity contribution in [3.63, 3.8) is 0 Å². The van der Waals surface area contributed by atoms with Gasteiger partial charge in [-0.05, 0) is 78.8 Å². The van der Waals surface area contributed by atoms with Gasteiger partial charge in [-0.15, -0.1) is 6.58 Å². The zero-order valence-corrected chi connectivity index (χ0v) is 14.2. The maximum atomic E-state index is 14.6. The Morgan fingerprint density at radius 2 is 1.83 bits per heavy atom. The highest BCUT2D eigenvalue weighted by Gasteiger charge is 2.25. The van der Waals surface area contributed by atoms with E-state index < -0.39 is 11.6 Å².